The summed E-state index contributed by atoms with van der Waals surface area (Å²) in [6, 6.07) is 29.8. The van der Waals surface area contributed by atoms with E-state index in [1.807, 2.05) is 66.7 Å². The van der Waals surface area contributed by atoms with Crippen molar-refractivity contribution in [2.24, 2.45) is 0 Å². The summed E-state index contributed by atoms with van der Waals surface area (Å²) in [5.74, 6) is 1.21. The highest BCUT2D eigenvalue weighted by molar-refractivity contribution is 5.96. The number of aromatic nitrogens is 1. The number of carbonyl (C=O) groups excluding carboxylic acids is 1. The zero-order chi connectivity index (χ0) is 22.4. The number of nitrogens with zero attached hydrogens (tertiary/aromatic N) is 2. The van der Waals surface area contributed by atoms with Crippen molar-refractivity contribution in [2.75, 3.05) is 11.4 Å². The molecule has 4 heteroatoms. The largest absolute Gasteiger partial charge is 0.422 e. The molecular weight excluding hydrogens is 408 g/mol. The van der Waals surface area contributed by atoms with E-state index in [0.717, 1.165) is 40.8 Å². The van der Waals surface area contributed by atoms with E-state index in [0.29, 0.717) is 11.3 Å². The maximum absolute atomic E-state index is 12.8. The Kier molecular flexibility index (Phi) is 4.58. The van der Waals surface area contributed by atoms with Gasteiger partial charge in [-0.05, 0) is 72.3 Å². The van der Waals surface area contributed by atoms with Crippen LogP contribution in [0.4, 0.5) is 11.5 Å². The summed E-state index contributed by atoms with van der Waals surface area (Å²) in [6.45, 7) is 2.96. The van der Waals surface area contributed by atoms with Crippen LogP contribution in [0.15, 0.2) is 91.0 Å². The number of rotatable bonds is 3. The molecule has 160 valence electrons. The number of aryl methyl sites for hydroxylation is 1. The first-order valence-electron chi connectivity index (χ1n) is 11.1. The zero-order valence-electron chi connectivity index (χ0n) is 18.3. The second-order valence-electron chi connectivity index (χ2n) is 8.48. The molecule has 1 aromatic heterocycles. The first-order chi connectivity index (χ1) is 16.2. The minimum Gasteiger partial charge on any atom is -0.422 e. The second kappa shape index (κ2) is 7.75. The Balaban J connectivity index is 1.27. The molecule has 0 saturated carbocycles. The summed E-state index contributed by atoms with van der Waals surface area (Å²) in [4.78, 5) is 20.0. The van der Waals surface area contributed by atoms with Crippen LogP contribution in [0.25, 0.3) is 21.7 Å². The van der Waals surface area contributed by atoms with Gasteiger partial charge in [0.05, 0.1) is 11.1 Å². The van der Waals surface area contributed by atoms with Crippen molar-refractivity contribution in [2.45, 2.75) is 13.3 Å². The predicted molar refractivity (Wildman–Crippen MR) is 133 cm³/mol. The van der Waals surface area contributed by atoms with Crippen LogP contribution < -0.4 is 9.64 Å². The molecule has 0 fully saturated rings. The minimum atomic E-state index is -0.362. The molecule has 4 nitrogen and oxygen atoms in total. The number of ether oxygens (including phenoxy) is 1. The average molecular weight is 431 g/mol. The van der Waals surface area contributed by atoms with Gasteiger partial charge in [-0.1, -0.05) is 48.5 Å². The fourth-order valence-electron chi connectivity index (χ4n) is 4.54. The van der Waals surface area contributed by atoms with Gasteiger partial charge in [0.2, 0.25) is 0 Å². The van der Waals surface area contributed by atoms with E-state index >= 15 is 0 Å². The fourth-order valence-corrected chi connectivity index (χ4v) is 4.54. The predicted octanol–water partition coefficient (Wildman–Crippen LogP) is 6.61. The molecule has 6 rings (SSSR count). The summed E-state index contributed by atoms with van der Waals surface area (Å²) in [5, 5.41) is 3.14. The van der Waals surface area contributed by atoms with Crippen molar-refractivity contribution in [1.82, 2.24) is 4.98 Å². The van der Waals surface area contributed by atoms with Crippen molar-refractivity contribution >= 4 is 39.1 Å². The van der Waals surface area contributed by atoms with Gasteiger partial charge in [0.25, 0.3) is 0 Å². The standard InChI is InChI=1S/C29H22N2O2/c1-19-9-10-22-18-23-15-16-31(28(23)30-26(22)17-19)24-13-11-21(12-14-24)29(32)33-27-8-4-6-20-5-2-3-7-25(20)27/h2-14,17-18H,15-16H2,1H3. The van der Waals surface area contributed by atoms with Crippen LogP contribution in [-0.2, 0) is 6.42 Å². The van der Waals surface area contributed by atoms with E-state index in [4.69, 9.17) is 9.72 Å². The number of anilines is 2. The van der Waals surface area contributed by atoms with Crippen LogP contribution in [-0.4, -0.2) is 17.5 Å². The van der Waals surface area contributed by atoms with Crippen LogP contribution in [0.5, 0.6) is 5.75 Å². The van der Waals surface area contributed by atoms with E-state index in [1.54, 1.807) is 0 Å². The lowest BCUT2D eigenvalue weighted by Gasteiger charge is -2.19. The van der Waals surface area contributed by atoms with Crippen LogP contribution in [0.1, 0.15) is 21.5 Å². The topological polar surface area (TPSA) is 42.4 Å². The van der Waals surface area contributed by atoms with Gasteiger partial charge in [-0.25, -0.2) is 9.78 Å². The highest BCUT2D eigenvalue weighted by Gasteiger charge is 2.23. The van der Waals surface area contributed by atoms with Gasteiger partial charge in [0.1, 0.15) is 11.6 Å². The number of hydrogen-bond acceptors (Lipinski definition) is 4. The van der Waals surface area contributed by atoms with E-state index in [9.17, 15) is 4.79 Å². The van der Waals surface area contributed by atoms with Gasteiger partial charge in [0.15, 0.2) is 0 Å². The molecule has 2 heterocycles. The van der Waals surface area contributed by atoms with E-state index in [-0.39, 0.29) is 5.97 Å². The molecule has 0 spiro atoms. The molecule has 1 aliphatic heterocycles. The van der Waals surface area contributed by atoms with Gasteiger partial charge in [0, 0.05) is 23.0 Å². The fraction of sp³-hybridized carbons (Fsp3) is 0.103. The third-order valence-electron chi connectivity index (χ3n) is 6.26. The summed E-state index contributed by atoms with van der Waals surface area (Å²) < 4.78 is 5.73. The number of benzene rings is 4. The molecule has 0 aliphatic carbocycles. The molecule has 0 amide bonds. The molecule has 0 unspecified atom stereocenters. The Bertz CT molecular complexity index is 1520. The number of esters is 1. The number of fused-ring (bicyclic) bond motifs is 3. The first kappa shape index (κ1) is 19.5. The van der Waals surface area contributed by atoms with Gasteiger partial charge >= 0.3 is 5.97 Å². The van der Waals surface area contributed by atoms with Crippen LogP contribution in [0, 0.1) is 6.92 Å². The van der Waals surface area contributed by atoms with E-state index in [1.165, 1.54) is 16.5 Å². The van der Waals surface area contributed by atoms with Crippen LogP contribution >= 0.6 is 0 Å². The van der Waals surface area contributed by atoms with Crippen molar-refractivity contribution < 1.29 is 9.53 Å². The Morgan fingerprint density at radius 3 is 2.58 bits per heavy atom. The normalized spacial score (nSPS) is 12.8. The molecule has 0 saturated heterocycles. The smallest absolute Gasteiger partial charge is 0.343 e. The summed E-state index contributed by atoms with van der Waals surface area (Å²) in [6.07, 6.45) is 0.955. The number of hydrogen-bond donors (Lipinski definition) is 0. The Morgan fingerprint density at radius 1 is 0.879 bits per heavy atom. The average Bonchev–Trinajstić information content (AvgIpc) is 3.25. The Hall–Kier alpha value is -4.18. The number of pyridine rings is 1. The molecule has 0 N–H and O–H groups in total. The van der Waals surface area contributed by atoms with Crippen molar-refractivity contribution in [3.8, 4) is 5.75 Å². The second-order valence-corrected chi connectivity index (χ2v) is 8.48. The lowest BCUT2D eigenvalue weighted by atomic mass is 10.1. The monoisotopic (exact) mass is 430 g/mol. The molecule has 0 radical (unpaired) electrons. The summed E-state index contributed by atoms with van der Waals surface area (Å²) in [7, 11) is 0. The summed E-state index contributed by atoms with van der Waals surface area (Å²) in [5.41, 5.74) is 5.01. The maximum atomic E-state index is 12.8. The highest BCUT2D eigenvalue weighted by atomic mass is 16.5. The summed E-state index contributed by atoms with van der Waals surface area (Å²) >= 11 is 0. The van der Waals surface area contributed by atoms with Crippen molar-refractivity contribution in [3.05, 3.63) is 108 Å². The Labute approximate surface area is 192 Å². The first-order valence-corrected chi connectivity index (χ1v) is 11.1. The Morgan fingerprint density at radius 2 is 1.70 bits per heavy atom. The quantitative estimate of drug-likeness (QED) is 0.239. The van der Waals surface area contributed by atoms with E-state index < -0.39 is 0 Å². The highest BCUT2D eigenvalue weighted by Crippen LogP contribution is 2.35. The van der Waals surface area contributed by atoms with E-state index in [2.05, 4.69) is 36.1 Å². The maximum Gasteiger partial charge on any atom is 0.343 e. The van der Waals surface area contributed by atoms with Crippen LogP contribution in [0.2, 0.25) is 0 Å². The van der Waals surface area contributed by atoms with Gasteiger partial charge in [-0.15, -0.1) is 0 Å². The minimum absolute atomic E-state index is 0.362. The molecule has 4 aromatic carbocycles. The van der Waals surface area contributed by atoms with Gasteiger partial charge < -0.3 is 9.64 Å². The molecule has 5 aromatic rings. The zero-order valence-corrected chi connectivity index (χ0v) is 18.3. The van der Waals surface area contributed by atoms with Gasteiger partial charge in [-0.2, -0.15) is 0 Å². The molecule has 0 bridgehead atoms. The third-order valence-corrected chi connectivity index (χ3v) is 6.26. The molecule has 1 aliphatic rings. The lowest BCUT2D eigenvalue weighted by Crippen LogP contribution is -2.15. The molecular formula is C29H22N2O2. The van der Waals surface area contributed by atoms with Crippen molar-refractivity contribution in [1.29, 1.82) is 0 Å². The SMILES string of the molecule is Cc1ccc2cc3c(nc2c1)N(c1ccc(C(=O)Oc2cccc4ccccc24)cc1)CC3. The van der Waals surface area contributed by atoms with Crippen molar-refractivity contribution in [3.63, 3.8) is 0 Å². The van der Waals surface area contributed by atoms with Gasteiger partial charge in [-0.3, -0.25) is 0 Å². The van der Waals surface area contributed by atoms with Crippen LogP contribution in [0.3, 0.4) is 0 Å². The molecule has 33 heavy (non-hydrogen) atoms. The lowest BCUT2D eigenvalue weighted by molar-refractivity contribution is 0.0737. The third kappa shape index (κ3) is 3.50. The number of carbonyl (C=O) groups is 1. The molecule has 0 atom stereocenters.